The van der Waals surface area contributed by atoms with E-state index in [2.05, 4.69) is 84.7 Å². The van der Waals surface area contributed by atoms with E-state index in [1.54, 1.807) is 0 Å². The quantitative estimate of drug-likeness (QED) is 0.445. The summed E-state index contributed by atoms with van der Waals surface area (Å²) in [5.74, 6) is 0.631. The molecule has 0 fully saturated rings. The Morgan fingerprint density at radius 1 is 0.882 bits per heavy atom. The molecular formula is C30H34N2O2. The van der Waals surface area contributed by atoms with Crippen LogP contribution in [0, 0.1) is 13.8 Å². The Balaban J connectivity index is 1.61. The van der Waals surface area contributed by atoms with E-state index >= 15 is 0 Å². The summed E-state index contributed by atoms with van der Waals surface area (Å²) in [7, 11) is 0. The molecule has 1 amide bonds. The third-order valence-electron chi connectivity index (χ3n) is 7.25. The van der Waals surface area contributed by atoms with Crippen molar-refractivity contribution in [3.63, 3.8) is 0 Å². The van der Waals surface area contributed by atoms with Gasteiger partial charge in [0, 0.05) is 36.3 Å². The fraction of sp³-hybridized carbons (Fsp3) is 0.367. The number of hydrogen-bond donors (Lipinski definition) is 1. The highest BCUT2D eigenvalue weighted by atomic mass is 16.5. The van der Waals surface area contributed by atoms with Gasteiger partial charge in [0.15, 0.2) is 0 Å². The molecule has 5 rings (SSSR count). The van der Waals surface area contributed by atoms with Crippen LogP contribution < -0.4 is 10.2 Å². The van der Waals surface area contributed by atoms with Crippen LogP contribution in [0.2, 0.25) is 0 Å². The number of hydrogen-bond acceptors (Lipinski definition) is 3. The molecular weight excluding hydrogens is 420 g/mol. The summed E-state index contributed by atoms with van der Waals surface area (Å²) in [5, 5.41) is 3.02. The van der Waals surface area contributed by atoms with Gasteiger partial charge in [0.25, 0.3) is 0 Å². The Kier molecular flexibility index (Phi) is 6.32. The first-order valence-electron chi connectivity index (χ1n) is 12.5. The number of ether oxygens (including phenoxy) is 1. The van der Waals surface area contributed by atoms with Crippen LogP contribution in [0.25, 0.3) is 0 Å². The number of rotatable bonds is 5. The van der Waals surface area contributed by atoms with Gasteiger partial charge in [-0.3, -0.25) is 5.32 Å². The zero-order valence-corrected chi connectivity index (χ0v) is 20.4. The van der Waals surface area contributed by atoms with E-state index in [9.17, 15) is 4.79 Å². The van der Waals surface area contributed by atoms with Crippen LogP contribution in [-0.2, 0) is 4.74 Å². The second-order valence-electron chi connectivity index (χ2n) is 9.76. The molecule has 0 aliphatic carbocycles. The van der Waals surface area contributed by atoms with Crippen molar-refractivity contribution >= 4 is 17.5 Å². The summed E-state index contributed by atoms with van der Waals surface area (Å²) in [4.78, 5) is 15.0. The molecule has 4 nitrogen and oxygen atoms in total. The predicted octanol–water partition coefficient (Wildman–Crippen LogP) is 7.14. The first kappa shape index (κ1) is 22.5. The molecule has 3 aromatic carbocycles. The number of carbonyl (C=O) groups is 1. The highest BCUT2D eigenvalue weighted by molar-refractivity contribution is 5.86. The zero-order chi connectivity index (χ0) is 23.7. The Hall–Kier alpha value is -3.27. The van der Waals surface area contributed by atoms with E-state index in [4.69, 9.17) is 4.74 Å². The first-order chi connectivity index (χ1) is 16.5. The summed E-state index contributed by atoms with van der Waals surface area (Å²) in [5.41, 5.74) is 10.1. The summed E-state index contributed by atoms with van der Waals surface area (Å²) in [6.07, 6.45) is 2.59. The summed E-state index contributed by atoms with van der Waals surface area (Å²) in [6, 6.07) is 22.2. The molecule has 4 heteroatoms. The molecule has 1 N–H and O–H groups in total. The van der Waals surface area contributed by atoms with Crippen LogP contribution in [0.15, 0.2) is 60.7 Å². The van der Waals surface area contributed by atoms with E-state index in [-0.39, 0.29) is 6.09 Å². The molecule has 0 saturated heterocycles. The molecule has 176 valence electrons. The van der Waals surface area contributed by atoms with Crippen molar-refractivity contribution in [2.45, 2.75) is 51.9 Å². The smallest absolute Gasteiger partial charge is 0.411 e. The number of anilines is 2. The van der Waals surface area contributed by atoms with E-state index in [1.807, 2.05) is 6.92 Å². The second kappa shape index (κ2) is 9.54. The molecule has 2 atom stereocenters. The monoisotopic (exact) mass is 454 g/mol. The fourth-order valence-electron chi connectivity index (χ4n) is 5.50. The molecule has 2 aliphatic rings. The number of carbonyl (C=O) groups excluding carboxylic acids is 1. The van der Waals surface area contributed by atoms with Gasteiger partial charge in [0.05, 0.1) is 6.61 Å². The number of aryl methyl sites for hydroxylation is 2. The van der Waals surface area contributed by atoms with Gasteiger partial charge in [-0.15, -0.1) is 0 Å². The molecule has 2 aliphatic heterocycles. The molecule has 3 aromatic rings. The van der Waals surface area contributed by atoms with E-state index in [0.29, 0.717) is 18.4 Å². The lowest BCUT2D eigenvalue weighted by atomic mass is 9.76. The van der Waals surface area contributed by atoms with Gasteiger partial charge in [-0.1, -0.05) is 66.6 Å². The van der Waals surface area contributed by atoms with Crippen LogP contribution in [0.1, 0.15) is 71.4 Å². The van der Waals surface area contributed by atoms with Crippen LogP contribution in [0.5, 0.6) is 0 Å². The van der Waals surface area contributed by atoms with E-state index in [1.165, 1.54) is 39.1 Å². The van der Waals surface area contributed by atoms with Crippen molar-refractivity contribution in [1.29, 1.82) is 0 Å². The molecule has 0 saturated carbocycles. The third-order valence-corrected chi connectivity index (χ3v) is 7.25. The SMILES string of the molecule is CCCOC(=O)Nc1cc2c3c(c1)C(c1ccc(C)cc1)CCN3CCC2c1ccc(C)cc1. The molecule has 0 radical (unpaired) electrons. The van der Waals surface area contributed by atoms with Gasteiger partial charge in [0.1, 0.15) is 0 Å². The number of amides is 1. The second-order valence-corrected chi connectivity index (χ2v) is 9.76. The minimum Gasteiger partial charge on any atom is -0.449 e. The average molecular weight is 455 g/mol. The predicted molar refractivity (Wildman–Crippen MR) is 139 cm³/mol. The van der Waals surface area contributed by atoms with Crippen molar-refractivity contribution in [1.82, 2.24) is 0 Å². The van der Waals surface area contributed by atoms with Crippen LogP contribution in [0.4, 0.5) is 16.2 Å². The zero-order valence-electron chi connectivity index (χ0n) is 20.4. The van der Waals surface area contributed by atoms with Gasteiger partial charge in [-0.2, -0.15) is 0 Å². The Morgan fingerprint density at radius 2 is 1.38 bits per heavy atom. The molecule has 0 aromatic heterocycles. The van der Waals surface area contributed by atoms with E-state index in [0.717, 1.165) is 38.0 Å². The molecule has 0 spiro atoms. The molecule has 0 bridgehead atoms. The minimum atomic E-state index is -0.378. The van der Waals surface area contributed by atoms with Gasteiger partial charge in [-0.25, -0.2) is 4.79 Å². The minimum absolute atomic E-state index is 0.316. The van der Waals surface area contributed by atoms with Crippen LogP contribution in [0.3, 0.4) is 0 Å². The van der Waals surface area contributed by atoms with Crippen LogP contribution in [-0.4, -0.2) is 25.8 Å². The highest BCUT2D eigenvalue weighted by Gasteiger charge is 2.35. The molecule has 2 heterocycles. The lowest BCUT2D eigenvalue weighted by molar-refractivity contribution is 0.161. The summed E-state index contributed by atoms with van der Waals surface area (Å²) >= 11 is 0. The number of benzene rings is 3. The molecule has 34 heavy (non-hydrogen) atoms. The van der Waals surface area contributed by atoms with Crippen LogP contribution >= 0.6 is 0 Å². The Bertz CT molecular complexity index is 1090. The maximum atomic E-state index is 12.5. The van der Waals surface area contributed by atoms with Crippen molar-refractivity contribution < 1.29 is 9.53 Å². The third kappa shape index (κ3) is 4.42. The maximum absolute atomic E-state index is 12.5. The standard InChI is InChI=1S/C30H34N2O2/c1-4-17-34-30(33)31-24-18-27-25(22-9-5-20(2)6-10-22)13-15-32-16-14-26(28(19-24)29(27)32)23-11-7-21(3)8-12-23/h5-12,18-19,25-26H,4,13-17H2,1-3H3,(H,31,33). The van der Waals surface area contributed by atoms with Crippen molar-refractivity contribution in [2.75, 3.05) is 29.9 Å². The van der Waals surface area contributed by atoms with E-state index < -0.39 is 0 Å². The number of nitrogens with zero attached hydrogens (tertiary/aromatic N) is 1. The van der Waals surface area contributed by atoms with Crippen molar-refractivity contribution in [3.8, 4) is 0 Å². The Labute approximate surface area is 202 Å². The average Bonchev–Trinajstić information content (AvgIpc) is 2.84. The van der Waals surface area contributed by atoms with Crippen molar-refractivity contribution in [2.24, 2.45) is 0 Å². The summed E-state index contributed by atoms with van der Waals surface area (Å²) in [6.45, 7) is 8.81. The van der Waals surface area contributed by atoms with Gasteiger partial charge >= 0.3 is 6.09 Å². The Morgan fingerprint density at radius 3 is 1.85 bits per heavy atom. The lowest BCUT2D eigenvalue weighted by Crippen LogP contribution is -2.37. The van der Waals surface area contributed by atoms with Gasteiger partial charge in [-0.05, 0) is 67.5 Å². The lowest BCUT2D eigenvalue weighted by Gasteiger charge is -2.43. The maximum Gasteiger partial charge on any atom is 0.411 e. The van der Waals surface area contributed by atoms with Crippen molar-refractivity contribution in [3.05, 3.63) is 94.0 Å². The largest absolute Gasteiger partial charge is 0.449 e. The fourth-order valence-corrected chi connectivity index (χ4v) is 5.50. The summed E-state index contributed by atoms with van der Waals surface area (Å²) < 4.78 is 5.34. The normalized spacial score (nSPS) is 18.9. The topological polar surface area (TPSA) is 41.6 Å². The van der Waals surface area contributed by atoms with Gasteiger partial charge in [0.2, 0.25) is 0 Å². The first-order valence-corrected chi connectivity index (χ1v) is 12.5. The van der Waals surface area contributed by atoms with Gasteiger partial charge < -0.3 is 9.64 Å². The highest BCUT2D eigenvalue weighted by Crippen LogP contribution is 2.49. The molecule has 2 unspecified atom stereocenters. The number of nitrogens with one attached hydrogen (secondary N) is 1.